The van der Waals surface area contributed by atoms with Crippen LogP contribution >= 0.6 is 34.4 Å². The monoisotopic (exact) mass is 712 g/mol. The van der Waals surface area contributed by atoms with Gasteiger partial charge in [0.25, 0.3) is 5.13 Å². The molecule has 0 aliphatic heterocycles. The molecule has 0 fully saturated rings. The van der Waals surface area contributed by atoms with Gasteiger partial charge in [-0.15, -0.1) is 26.6 Å². The Labute approximate surface area is 301 Å². The molecule has 0 aliphatic carbocycles. The summed E-state index contributed by atoms with van der Waals surface area (Å²) in [6.45, 7) is 5.04. The highest BCUT2D eigenvalue weighted by Gasteiger charge is 2.17. The van der Waals surface area contributed by atoms with E-state index < -0.39 is 6.04 Å². The number of aromatic nitrogens is 3. The van der Waals surface area contributed by atoms with E-state index in [2.05, 4.69) is 45.3 Å². The molecule has 11 heteroatoms. The van der Waals surface area contributed by atoms with E-state index in [1.807, 2.05) is 24.3 Å². The molecule has 0 amide bonds. The maximum absolute atomic E-state index is 12.7. The van der Waals surface area contributed by atoms with Gasteiger partial charge in [-0.05, 0) is 30.9 Å². The number of rotatable bonds is 28. The van der Waals surface area contributed by atoms with Crippen molar-refractivity contribution in [3.63, 3.8) is 0 Å². The summed E-state index contributed by atoms with van der Waals surface area (Å²) in [5.41, 5.74) is 0.840. The van der Waals surface area contributed by atoms with Gasteiger partial charge in [-0.2, -0.15) is 10.4 Å². The zero-order valence-electron chi connectivity index (χ0n) is 29.2. The first-order valence-corrected chi connectivity index (χ1v) is 21.0. The average molecular weight is 713 g/mol. The van der Waals surface area contributed by atoms with Crippen LogP contribution in [0, 0.1) is 17.2 Å². The van der Waals surface area contributed by atoms with Gasteiger partial charge in [0, 0.05) is 0 Å². The second kappa shape index (κ2) is 25.5. The van der Waals surface area contributed by atoms with Crippen LogP contribution in [0.25, 0.3) is 10.2 Å². The largest absolute Gasteiger partial charge is 0.465 e. The Morgan fingerprint density at radius 1 is 0.833 bits per heavy atom. The van der Waals surface area contributed by atoms with Crippen molar-refractivity contribution in [3.05, 3.63) is 29.3 Å². The Kier molecular flexibility index (Phi) is 21.3. The fourth-order valence-corrected chi connectivity index (χ4v) is 8.13. The van der Waals surface area contributed by atoms with Crippen molar-refractivity contribution in [2.45, 2.75) is 153 Å². The molecule has 0 bridgehead atoms. The molecule has 264 valence electrons. The van der Waals surface area contributed by atoms with Crippen molar-refractivity contribution in [1.82, 2.24) is 15.2 Å². The van der Waals surface area contributed by atoms with Crippen LogP contribution in [0.3, 0.4) is 0 Å². The molecule has 3 rings (SSSR count). The summed E-state index contributed by atoms with van der Waals surface area (Å²) >= 11 is 3.98. The van der Waals surface area contributed by atoms with Crippen LogP contribution in [0.4, 0.5) is 5.13 Å². The Bertz CT molecular complexity index is 1320. The van der Waals surface area contributed by atoms with Gasteiger partial charge >= 0.3 is 5.97 Å². The van der Waals surface area contributed by atoms with Crippen LogP contribution in [-0.4, -0.2) is 33.5 Å². The minimum absolute atomic E-state index is 0.182. The fraction of sp³-hybridized carbons (Fsp3) is 0.703. The third kappa shape index (κ3) is 16.8. The molecule has 48 heavy (non-hydrogen) atoms. The number of carbonyl (C=O) groups excluding carboxylic acids is 1. The molecule has 3 aromatic rings. The molecule has 0 spiro atoms. The molecule has 0 saturated heterocycles. The normalized spacial score (nSPS) is 12.9. The predicted molar refractivity (Wildman–Crippen MR) is 201 cm³/mol. The zero-order valence-corrected chi connectivity index (χ0v) is 31.7. The van der Waals surface area contributed by atoms with E-state index in [0.717, 1.165) is 23.1 Å². The first-order valence-electron chi connectivity index (χ1n) is 18.4. The van der Waals surface area contributed by atoms with E-state index in [9.17, 15) is 10.1 Å². The van der Waals surface area contributed by atoms with Gasteiger partial charge in [-0.3, -0.25) is 4.79 Å². The molecule has 8 nitrogen and oxygen atoms in total. The number of hydrogen-bond donors (Lipinski definition) is 0. The topological polar surface area (TPSA) is 113 Å². The maximum atomic E-state index is 12.7. The fourth-order valence-electron chi connectivity index (χ4n) is 5.72. The number of thiazole rings is 1. The number of azo groups is 1. The van der Waals surface area contributed by atoms with Crippen molar-refractivity contribution < 1.29 is 9.53 Å². The van der Waals surface area contributed by atoms with E-state index in [1.165, 1.54) is 150 Å². The lowest BCUT2D eigenvalue weighted by Gasteiger charge is -2.17. The number of carbonyl (C=O) groups is 1. The van der Waals surface area contributed by atoms with Crippen molar-refractivity contribution in [2.75, 3.05) is 12.4 Å². The summed E-state index contributed by atoms with van der Waals surface area (Å²) in [6, 6.07) is 9.09. The third-order valence-electron chi connectivity index (χ3n) is 8.55. The number of fused-ring (bicyclic) bond motifs is 1. The molecule has 2 aromatic heterocycles. The predicted octanol–water partition coefficient (Wildman–Crippen LogP) is 12.6. The van der Waals surface area contributed by atoms with Crippen molar-refractivity contribution >= 4 is 55.8 Å². The van der Waals surface area contributed by atoms with Crippen molar-refractivity contribution in [1.29, 1.82) is 5.26 Å². The Hall–Kier alpha value is -2.42. The quantitative estimate of drug-likeness (QED) is 0.0318. The van der Waals surface area contributed by atoms with Crippen molar-refractivity contribution in [3.8, 4) is 6.07 Å². The second-order valence-electron chi connectivity index (χ2n) is 12.7. The first-order chi connectivity index (χ1) is 23.6. The van der Waals surface area contributed by atoms with E-state index in [4.69, 9.17) is 4.74 Å². The van der Waals surface area contributed by atoms with Gasteiger partial charge in [-0.1, -0.05) is 165 Å². The summed E-state index contributed by atoms with van der Waals surface area (Å²) in [7, 11) is 0. The number of nitriles is 1. The zero-order chi connectivity index (χ0) is 34.1. The van der Waals surface area contributed by atoms with Gasteiger partial charge in [0.1, 0.15) is 5.01 Å². The number of ether oxygens (including phenoxy) is 1. The highest BCUT2D eigenvalue weighted by molar-refractivity contribution is 8.01. The van der Waals surface area contributed by atoms with Crippen LogP contribution in [-0.2, 0) is 9.53 Å². The lowest BCUT2D eigenvalue weighted by molar-refractivity contribution is -0.141. The molecule has 2 atom stereocenters. The van der Waals surface area contributed by atoms with E-state index in [-0.39, 0.29) is 11.7 Å². The highest BCUT2D eigenvalue weighted by Crippen LogP contribution is 2.31. The number of para-hydroxylation sites is 1. The smallest absolute Gasteiger partial charge is 0.316 e. The summed E-state index contributed by atoms with van der Waals surface area (Å²) in [4.78, 5) is 17.2. The molecular weight excluding hydrogens is 657 g/mol. The molecule has 0 saturated carbocycles. The van der Waals surface area contributed by atoms with Gasteiger partial charge in [-0.25, -0.2) is 4.98 Å². The highest BCUT2D eigenvalue weighted by atomic mass is 32.2. The third-order valence-corrected chi connectivity index (χ3v) is 11.5. The van der Waals surface area contributed by atoms with Crippen molar-refractivity contribution in [2.24, 2.45) is 16.1 Å². The summed E-state index contributed by atoms with van der Waals surface area (Å²) in [5.74, 6) is 0.397. The van der Waals surface area contributed by atoms with Gasteiger partial charge in [0.05, 0.1) is 28.6 Å². The SMILES string of the molecule is CCCCCCCCCCCCC(CCCCCCCCCC)COC(=O)CSc1nnc(N=NC(C#N)c2nc3ccccc3s2)s1. The molecule has 1 aromatic carbocycles. The Morgan fingerprint density at radius 3 is 2.00 bits per heavy atom. The van der Waals surface area contributed by atoms with E-state index in [1.54, 1.807) is 0 Å². The number of nitrogens with zero attached hydrogens (tertiary/aromatic N) is 6. The Morgan fingerprint density at radius 2 is 1.42 bits per heavy atom. The summed E-state index contributed by atoms with van der Waals surface area (Å²) in [5, 5.41) is 27.1. The second-order valence-corrected chi connectivity index (χ2v) is 15.9. The van der Waals surface area contributed by atoms with Crippen LogP contribution in [0.15, 0.2) is 38.8 Å². The number of thioether (sulfide) groups is 1. The number of hydrogen-bond acceptors (Lipinski definition) is 11. The molecular formula is C37H56N6O2S3. The number of benzene rings is 1. The molecule has 0 aliphatic rings. The van der Waals surface area contributed by atoms with Gasteiger partial charge in [0.15, 0.2) is 4.34 Å². The summed E-state index contributed by atoms with van der Waals surface area (Å²) in [6.07, 6.45) is 26.1. The molecule has 0 N–H and O–H groups in total. The van der Waals surface area contributed by atoms with Crippen LogP contribution in [0.1, 0.15) is 153 Å². The lowest BCUT2D eigenvalue weighted by Crippen LogP contribution is -2.16. The van der Waals surface area contributed by atoms with Gasteiger partial charge in [0.2, 0.25) is 6.04 Å². The standard InChI is InChI=1S/C37H56N6O2S3/c1-3-5-7-9-11-13-14-16-18-20-24-30(23-19-17-15-12-10-8-6-4-2)28-45-34(44)29-46-37-43-42-36(48-37)41-40-32(27-38)35-39-31-25-21-22-26-33(31)47-35/h21-22,25-26,30,32H,3-20,23-24,28-29H2,1-2H3. The average Bonchev–Trinajstić information content (AvgIpc) is 3.75. The summed E-state index contributed by atoms with van der Waals surface area (Å²) < 4.78 is 7.40. The maximum Gasteiger partial charge on any atom is 0.316 e. The van der Waals surface area contributed by atoms with Crippen LogP contribution < -0.4 is 0 Å². The number of unbranched alkanes of at least 4 members (excludes halogenated alkanes) is 16. The molecule has 2 unspecified atom stereocenters. The molecule has 0 radical (unpaired) electrons. The van der Waals surface area contributed by atoms with E-state index >= 15 is 0 Å². The van der Waals surface area contributed by atoms with E-state index in [0.29, 0.717) is 27.0 Å². The number of esters is 1. The minimum Gasteiger partial charge on any atom is -0.465 e. The first kappa shape index (κ1) is 40.0. The molecule has 2 heterocycles. The Balaban J connectivity index is 1.37. The van der Waals surface area contributed by atoms with Gasteiger partial charge < -0.3 is 4.74 Å². The van der Waals surface area contributed by atoms with Crippen LogP contribution in [0.5, 0.6) is 0 Å². The lowest BCUT2D eigenvalue weighted by atomic mass is 9.94. The van der Waals surface area contributed by atoms with Crippen LogP contribution in [0.2, 0.25) is 0 Å². The minimum atomic E-state index is -0.809.